The van der Waals surface area contributed by atoms with Gasteiger partial charge in [0.05, 0.1) is 18.4 Å². The molecule has 0 saturated carbocycles. The zero-order valence-corrected chi connectivity index (χ0v) is 19.6. The maximum atomic E-state index is 13.2. The molecule has 0 atom stereocenters. The van der Waals surface area contributed by atoms with E-state index in [4.69, 9.17) is 14.6 Å². The number of fused-ring (bicyclic) bond motifs is 1. The first kappa shape index (κ1) is 21.9. The van der Waals surface area contributed by atoms with Crippen LogP contribution in [0.5, 0.6) is 11.5 Å². The van der Waals surface area contributed by atoms with Crippen LogP contribution in [0, 0.1) is 6.92 Å². The average Bonchev–Trinajstić information content (AvgIpc) is 3.30. The second-order valence-electron chi connectivity index (χ2n) is 7.76. The van der Waals surface area contributed by atoms with E-state index in [1.54, 1.807) is 47.8 Å². The Morgan fingerprint density at radius 3 is 2.59 bits per heavy atom. The topological polar surface area (TPSA) is 78.6 Å². The molecule has 1 aliphatic heterocycles. The van der Waals surface area contributed by atoms with Gasteiger partial charge in [0.15, 0.2) is 11.6 Å². The number of ketones is 1. The van der Waals surface area contributed by atoms with E-state index < -0.39 is 0 Å². The number of aromatic nitrogens is 3. The van der Waals surface area contributed by atoms with Crippen molar-refractivity contribution in [2.75, 3.05) is 12.9 Å². The van der Waals surface area contributed by atoms with Gasteiger partial charge in [-0.1, -0.05) is 53.7 Å². The van der Waals surface area contributed by atoms with Crippen molar-refractivity contribution in [3.63, 3.8) is 0 Å². The van der Waals surface area contributed by atoms with E-state index in [1.807, 2.05) is 55.5 Å². The monoisotopic (exact) mass is 470 g/mol. The summed E-state index contributed by atoms with van der Waals surface area (Å²) in [5.74, 6) is 2.35. The van der Waals surface area contributed by atoms with Crippen molar-refractivity contribution in [1.82, 2.24) is 14.9 Å². The van der Waals surface area contributed by atoms with Crippen LogP contribution < -0.4 is 9.47 Å². The summed E-state index contributed by atoms with van der Waals surface area (Å²) in [6.45, 7) is 2.08. The molecule has 0 radical (unpaired) electrons. The van der Waals surface area contributed by atoms with Crippen molar-refractivity contribution >= 4 is 23.3 Å². The smallest absolute Gasteiger partial charge is 0.212 e. The minimum atomic E-state index is -0.121. The summed E-state index contributed by atoms with van der Waals surface area (Å²) in [7, 11) is 1.60. The molecule has 4 aromatic rings. The van der Waals surface area contributed by atoms with E-state index in [-0.39, 0.29) is 12.4 Å². The summed E-state index contributed by atoms with van der Waals surface area (Å²) in [4.78, 5) is 13.2. The number of hydrogen-bond donors (Lipinski definition) is 0. The molecule has 0 bridgehead atoms. The minimum absolute atomic E-state index is 0.121. The summed E-state index contributed by atoms with van der Waals surface area (Å²) in [6.07, 6.45) is 0. The lowest BCUT2D eigenvalue weighted by atomic mass is 10.0. The lowest BCUT2D eigenvalue weighted by Crippen LogP contribution is -2.15. The van der Waals surface area contributed by atoms with Gasteiger partial charge in [-0.25, -0.2) is 0 Å². The number of thioether (sulfide) groups is 1. The van der Waals surface area contributed by atoms with E-state index >= 15 is 0 Å². The third-order valence-electron chi connectivity index (χ3n) is 5.43. The van der Waals surface area contributed by atoms with E-state index in [2.05, 4.69) is 10.2 Å². The zero-order chi connectivity index (χ0) is 23.5. The van der Waals surface area contributed by atoms with E-state index in [9.17, 15) is 4.79 Å². The third kappa shape index (κ3) is 4.45. The Hall–Kier alpha value is -3.91. The molecule has 34 heavy (non-hydrogen) atoms. The lowest BCUT2D eigenvalue weighted by Gasteiger charge is -2.15. The highest BCUT2D eigenvalue weighted by molar-refractivity contribution is 7.99. The van der Waals surface area contributed by atoms with E-state index in [1.165, 1.54) is 0 Å². The Labute approximate surface area is 201 Å². The minimum Gasteiger partial charge on any atom is -0.497 e. The van der Waals surface area contributed by atoms with Crippen molar-refractivity contribution in [3.05, 3.63) is 101 Å². The number of methoxy groups -OCH3 is 1. The standard InChI is InChI=1S/C26H22N4O3S/c1-17-8-13-23(21(14-17)25(31)19-9-11-20(32-2)12-10-19)33-15-24-27-28-26-30(24)29-22(16-34-26)18-6-4-3-5-7-18/h3-14H,15-16H2,1-2H3. The van der Waals surface area contributed by atoms with Gasteiger partial charge in [0.25, 0.3) is 0 Å². The van der Waals surface area contributed by atoms with Gasteiger partial charge in [0.2, 0.25) is 5.16 Å². The number of benzene rings is 3. The summed E-state index contributed by atoms with van der Waals surface area (Å²) < 4.78 is 13.0. The largest absolute Gasteiger partial charge is 0.497 e. The molecular weight excluding hydrogens is 448 g/mol. The first-order chi connectivity index (χ1) is 16.6. The quantitative estimate of drug-likeness (QED) is 0.362. The van der Waals surface area contributed by atoms with Crippen molar-refractivity contribution in [3.8, 4) is 11.5 Å². The molecule has 7 nitrogen and oxygen atoms in total. The van der Waals surface area contributed by atoms with Crippen molar-refractivity contribution in [2.45, 2.75) is 18.7 Å². The highest BCUT2D eigenvalue weighted by Crippen LogP contribution is 2.27. The van der Waals surface area contributed by atoms with Crippen LogP contribution in [0.2, 0.25) is 0 Å². The molecule has 0 aliphatic carbocycles. The Bertz CT molecular complexity index is 1360. The number of carbonyl (C=O) groups excluding carboxylic acids is 1. The molecule has 2 heterocycles. The Morgan fingerprint density at radius 2 is 1.82 bits per heavy atom. The van der Waals surface area contributed by atoms with E-state index in [0.717, 1.165) is 27.7 Å². The van der Waals surface area contributed by atoms with Crippen molar-refractivity contribution < 1.29 is 14.3 Å². The van der Waals surface area contributed by atoms with Crippen LogP contribution in [0.3, 0.4) is 0 Å². The number of hydrogen-bond acceptors (Lipinski definition) is 7. The van der Waals surface area contributed by atoms with Gasteiger partial charge >= 0.3 is 0 Å². The molecular formula is C26H22N4O3S. The van der Waals surface area contributed by atoms with E-state index in [0.29, 0.717) is 28.5 Å². The van der Waals surface area contributed by atoms with Crippen LogP contribution >= 0.6 is 11.8 Å². The van der Waals surface area contributed by atoms with Gasteiger partial charge in [-0.2, -0.15) is 9.78 Å². The first-order valence-electron chi connectivity index (χ1n) is 10.7. The highest BCUT2D eigenvalue weighted by atomic mass is 32.2. The summed E-state index contributed by atoms with van der Waals surface area (Å²) in [5, 5.41) is 14.0. The zero-order valence-electron chi connectivity index (χ0n) is 18.8. The van der Waals surface area contributed by atoms with Crippen LogP contribution in [0.25, 0.3) is 0 Å². The molecule has 0 spiro atoms. The number of aryl methyl sites for hydroxylation is 1. The molecule has 170 valence electrons. The molecule has 1 aromatic heterocycles. The van der Waals surface area contributed by atoms with Crippen molar-refractivity contribution in [2.24, 2.45) is 5.10 Å². The van der Waals surface area contributed by atoms with Gasteiger partial charge in [-0.05, 0) is 48.9 Å². The average molecular weight is 471 g/mol. The fourth-order valence-corrected chi connectivity index (χ4v) is 4.47. The summed E-state index contributed by atoms with van der Waals surface area (Å²) in [5.41, 5.74) is 4.03. The normalized spacial score (nSPS) is 12.6. The second-order valence-corrected chi connectivity index (χ2v) is 8.70. The molecule has 5 rings (SSSR count). The Balaban J connectivity index is 1.40. The molecule has 0 N–H and O–H groups in total. The number of ether oxygens (including phenoxy) is 2. The molecule has 3 aromatic carbocycles. The maximum absolute atomic E-state index is 13.2. The second kappa shape index (κ2) is 9.52. The predicted molar refractivity (Wildman–Crippen MR) is 131 cm³/mol. The number of carbonyl (C=O) groups is 1. The van der Waals surface area contributed by atoms with Gasteiger partial charge in [-0.15, -0.1) is 10.2 Å². The molecule has 0 unspecified atom stereocenters. The Morgan fingerprint density at radius 1 is 1.03 bits per heavy atom. The third-order valence-corrected chi connectivity index (χ3v) is 6.36. The van der Waals surface area contributed by atoms with Gasteiger partial charge in [-0.3, -0.25) is 4.79 Å². The van der Waals surface area contributed by atoms with Gasteiger partial charge in [0, 0.05) is 11.3 Å². The van der Waals surface area contributed by atoms with Crippen LogP contribution in [0.15, 0.2) is 83.1 Å². The van der Waals surface area contributed by atoms with Crippen molar-refractivity contribution in [1.29, 1.82) is 0 Å². The van der Waals surface area contributed by atoms with Crippen LogP contribution in [-0.2, 0) is 6.61 Å². The fourth-order valence-electron chi connectivity index (χ4n) is 3.62. The highest BCUT2D eigenvalue weighted by Gasteiger charge is 2.21. The fraction of sp³-hybridized carbons (Fsp3) is 0.154. The molecule has 8 heteroatoms. The maximum Gasteiger partial charge on any atom is 0.212 e. The van der Waals surface area contributed by atoms with Crippen LogP contribution in [0.1, 0.15) is 32.9 Å². The van der Waals surface area contributed by atoms with Gasteiger partial charge in [0.1, 0.15) is 18.1 Å². The number of nitrogens with zero attached hydrogens (tertiary/aromatic N) is 4. The summed E-state index contributed by atoms with van der Waals surface area (Å²) >= 11 is 1.58. The molecule has 0 fully saturated rings. The Kier molecular flexibility index (Phi) is 6.14. The molecule has 1 aliphatic rings. The number of rotatable bonds is 7. The molecule has 0 saturated heterocycles. The molecule has 0 amide bonds. The summed E-state index contributed by atoms with van der Waals surface area (Å²) in [6, 6.07) is 22.6. The van der Waals surface area contributed by atoms with Gasteiger partial charge < -0.3 is 9.47 Å². The SMILES string of the molecule is COc1ccc(C(=O)c2cc(C)ccc2OCc2nnc3n2N=C(c2ccccc2)CS3)cc1. The predicted octanol–water partition coefficient (Wildman–Crippen LogP) is 4.76. The van der Waals surface area contributed by atoms with Crippen LogP contribution in [0.4, 0.5) is 0 Å². The lowest BCUT2D eigenvalue weighted by molar-refractivity contribution is 0.103. The van der Waals surface area contributed by atoms with Crippen LogP contribution in [-0.4, -0.2) is 39.2 Å². The first-order valence-corrected chi connectivity index (χ1v) is 11.7.